The van der Waals surface area contributed by atoms with Crippen LogP contribution in [0.3, 0.4) is 0 Å². The summed E-state index contributed by atoms with van der Waals surface area (Å²) in [4.78, 5) is 0. The summed E-state index contributed by atoms with van der Waals surface area (Å²) >= 11 is 0. The van der Waals surface area contributed by atoms with Crippen molar-refractivity contribution in [2.75, 3.05) is 13.2 Å². The minimum atomic E-state index is -1.63. The molecule has 11 unspecified atom stereocenters. The van der Waals surface area contributed by atoms with E-state index in [1.165, 1.54) is 12.5 Å². The minimum Gasteiger partial charge on any atom is -0.394 e. The topological polar surface area (TPSA) is 197 Å². The first-order chi connectivity index (χ1) is 24.6. The molecule has 4 aliphatic carbocycles. The first kappa shape index (κ1) is 38.1. The molecule has 13 nitrogen and oxygen atoms in total. The van der Waals surface area contributed by atoms with Gasteiger partial charge >= 0.3 is 0 Å². The molecule has 21 atom stereocenters. The van der Waals surface area contributed by atoms with Gasteiger partial charge in [0.2, 0.25) is 0 Å². The first-order valence-corrected chi connectivity index (χ1v) is 19.9. The van der Waals surface area contributed by atoms with Crippen molar-refractivity contribution >= 4 is 0 Å². The van der Waals surface area contributed by atoms with Crippen LogP contribution in [0.5, 0.6) is 0 Å². The lowest BCUT2D eigenvalue weighted by molar-refractivity contribution is -0.369. The van der Waals surface area contributed by atoms with Crippen molar-refractivity contribution < 1.29 is 64.2 Å². The van der Waals surface area contributed by atoms with Crippen LogP contribution in [-0.4, -0.2) is 134 Å². The van der Waals surface area contributed by atoms with Crippen LogP contribution in [0.25, 0.3) is 0 Å². The molecule has 13 heteroatoms. The molecule has 1 spiro atoms. The maximum Gasteiger partial charge on any atom is 0.187 e. The standard InChI is InChI=1S/C39H62O13/c1-18-8-13-39(47-17-18)19(2)27-25(52-39)15-38(46)24-7-6-21-14-22(9-11-36(21,4)23(24)10-12-37(27,38)5)49-35-33(31(44)29(42)26(16-40)50-35)51-34-32(45)30(43)28(41)20(3)48-34/h6,18-20,22-35,40-46H,7-17H2,1-5H3/t18-,19+,20?,22+,23+,24-,25+,26?,27?,28?,29?,30?,31?,32?,33?,34?,35?,36+,37-,38-,39-/m1/s1. The molecule has 296 valence electrons. The molecule has 4 heterocycles. The molecule has 52 heavy (non-hydrogen) atoms. The number of ether oxygens (including phenoxy) is 6. The molecular formula is C39H62O13. The molecule has 7 fully saturated rings. The lowest BCUT2D eigenvalue weighted by atomic mass is 9.45. The zero-order valence-corrected chi connectivity index (χ0v) is 31.3. The molecule has 8 aliphatic rings. The smallest absolute Gasteiger partial charge is 0.187 e. The van der Waals surface area contributed by atoms with Gasteiger partial charge in [-0.3, -0.25) is 0 Å². The Bertz CT molecular complexity index is 1350. The van der Waals surface area contributed by atoms with Gasteiger partial charge in [-0.15, -0.1) is 0 Å². The zero-order valence-electron chi connectivity index (χ0n) is 31.3. The van der Waals surface area contributed by atoms with Crippen LogP contribution in [0.15, 0.2) is 11.6 Å². The van der Waals surface area contributed by atoms with Crippen LogP contribution in [-0.2, 0) is 28.4 Å². The third kappa shape index (κ3) is 5.58. The molecule has 0 aromatic rings. The van der Waals surface area contributed by atoms with Gasteiger partial charge in [-0.25, -0.2) is 0 Å². The second-order valence-corrected chi connectivity index (χ2v) is 18.4. The zero-order chi connectivity index (χ0) is 37.1. The van der Waals surface area contributed by atoms with Crippen molar-refractivity contribution in [3.8, 4) is 0 Å². The van der Waals surface area contributed by atoms with Gasteiger partial charge in [-0.1, -0.05) is 39.3 Å². The van der Waals surface area contributed by atoms with E-state index in [1.54, 1.807) is 0 Å². The van der Waals surface area contributed by atoms with Gasteiger partial charge in [0.1, 0.15) is 42.7 Å². The summed E-state index contributed by atoms with van der Waals surface area (Å²) in [6.45, 7) is 10.9. The lowest BCUT2D eigenvalue weighted by Crippen LogP contribution is -2.64. The Morgan fingerprint density at radius 2 is 1.60 bits per heavy atom. The van der Waals surface area contributed by atoms with E-state index in [0.29, 0.717) is 31.1 Å². The molecule has 0 bridgehead atoms. The Morgan fingerprint density at radius 1 is 0.827 bits per heavy atom. The van der Waals surface area contributed by atoms with Gasteiger partial charge in [0.05, 0.1) is 37.1 Å². The molecule has 4 aliphatic heterocycles. The van der Waals surface area contributed by atoms with E-state index in [9.17, 15) is 35.7 Å². The second-order valence-electron chi connectivity index (χ2n) is 18.4. The summed E-state index contributed by atoms with van der Waals surface area (Å²) in [5.41, 5.74) is 0.0478. The minimum absolute atomic E-state index is 0.0154. The molecule has 0 radical (unpaired) electrons. The Balaban J connectivity index is 0.982. The average molecular weight is 739 g/mol. The molecule has 7 N–H and O–H groups in total. The summed E-state index contributed by atoms with van der Waals surface area (Å²) in [5.74, 6) is 0.876. The van der Waals surface area contributed by atoms with E-state index in [2.05, 4.69) is 33.8 Å². The summed E-state index contributed by atoms with van der Waals surface area (Å²) in [7, 11) is 0. The largest absolute Gasteiger partial charge is 0.394 e. The highest BCUT2D eigenvalue weighted by Gasteiger charge is 2.74. The van der Waals surface area contributed by atoms with Crippen molar-refractivity contribution in [2.24, 2.45) is 40.4 Å². The quantitative estimate of drug-likeness (QED) is 0.201. The van der Waals surface area contributed by atoms with Gasteiger partial charge in [0.15, 0.2) is 18.4 Å². The highest BCUT2D eigenvalue weighted by atomic mass is 16.8. The Hall–Kier alpha value is -0.780. The Morgan fingerprint density at radius 3 is 2.31 bits per heavy atom. The van der Waals surface area contributed by atoms with Crippen molar-refractivity contribution in [1.82, 2.24) is 0 Å². The number of aliphatic hydroxyl groups is 7. The van der Waals surface area contributed by atoms with Gasteiger partial charge < -0.3 is 64.2 Å². The van der Waals surface area contributed by atoms with Crippen LogP contribution < -0.4 is 0 Å². The van der Waals surface area contributed by atoms with Crippen LogP contribution in [0, 0.1) is 40.4 Å². The van der Waals surface area contributed by atoms with Crippen LogP contribution >= 0.6 is 0 Å². The van der Waals surface area contributed by atoms with Crippen LogP contribution in [0.2, 0.25) is 0 Å². The van der Waals surface area contributed by atoms with Crippen molar-refractivity contribution in [1.29, 1.82) is 0 Å². The van der Waals surface area contributed by atoms with E-state index in [4.69, 9.17) is 28.4 Å². The normalized spacial score (nSPS) is 58.9. The van der Waals surface area contributed by atoms with Crippen molar-refractivity contribution in [3.05, 3.63) is 11.6 Å². The fourth-order valence-electron chi connectivity index (χ4n) is 12.5. The van der Waals surface area contributed by atoms with Gasteiger partial charge in [-0.05, 0) is 75.0 Å². The monoisotopic (exact) mass is 738 g/mol. The highest BCUT2D eigenvalue weighted by Crippen LogP contribution is 2.72. The fourth-order valence-corrected chi connectivity index (χ4v) is 12.5. The number of allylic oxidation sites excluding steroid dienone is 1. The van der Waals surface area contributed by atoms with Gasteiger partial charge in [-0.2, -0.15) is 0 Å². The third-order valence-corrected chi connectivity index (χ3v) is 15.7. The summed E-state index contributed by atoms with van der Waals surface area (Å²) in [6, 6.07) is 0. The molecule has 4 saturated heterocycles. The molecule has 0 aromatic heterocycles. The SMILES string of the molecule is CC1OC(OC2C(O[C@H]3CC[C@@]4(C)C(=CC[C@@H]5[C@@H]4CC[C@]4(C)C6[C@H](C[C@@]54O)O[C@]4(CC[C@@H](C)CO4)[C@H]6C)C3)OC(CO)C(O)C2O)C(O)C(O)C1O. The average Bonchev–Trinajstić information content (AvgIpc) is 3.51. The maximum atomic E-state index is 12.9. The second kappa shape index (κ2) is 13.4. The molecule has 8 rings (SSSR count). The van der Waals surface area contributed by atoms with E-state index in [-0.39, 0.29) is 40.8 Å². The van der Waals surface area contributed by atoms with Crippen LogP contribution in [0.1, 0.15) is 92.4 Å². The van der Waals surface area contributed by atoms with E-state index >= 15 is 0 Å². The molecule has 0 amide bonds. The van der Waals surface area contributed by atoms with Crippen molar-refractivity contribution in [2.45, 2.75) is 177 Å². The Kier molecular flexibility index (Phi) is 9.83. The van der Waals surface area contributed by atoms with E-state index < -0.39 is 79.4 Å². The molecule has 3 saturated carbocycles. The summed E-state index contributed by atoms with van der Waals surface area (Å²) < 4.78 is 37.4. The molecule has 0 aromatic carbocycles. The predicted molar refractivity (Wildman–Crippen MR) is 183 cm³/mol. The molecular weight excluding hydrogens is 676 g/mol. The van der Waals surface area contributed by atoms with Crippen LogP contribution in [0.4, 0.5) is 0 Å². The fraction of sp³-hybridized carbons (Fsp3) is 0.949. The summed E-state index contributed by atoms with van der Waals surface area (Å²) in [5, 5.41) is 75.8. The van der Waals surface area contributed by atoms with Crippen molar-refractivity contribution in [3.63, 3.8) is 0 Å². The van der Waals surface area contributed by atoms with Gasteiger partial charge in [0, 0.05) is 30.1 Å². The number of aliphatic hydroxyl groups excluding tert-OH is 6. The van der Waals surface area contributed by atoms with E-state index in [1.807, 2.05) is 0 Å². The number of hydrogen-bond acceptors (Lipinski definition) is 13. The Labute approximate surface area is 306 Å². The number of fused-ring (bicyclic) bond motifs is 7. The highest BCUT2D eigenvalue weighted by molar-refractivity contribution is 5.29. The number of rotatable bonds is 5. The summed E-state index contributed by atoms with van der Waals surface area (Å²) in [6.07, 6.45) is -4.13. The maximum absolute atomic E-state index is 12.9. The van der Waals surface area contributed by atoms with E-state index in [0.717, 1.165) is 45.1 Å². The first-order valence-electron chi connectivity index (χ1n) is 19.9. The lowest BCUT2D eigenvalue weighted by Gasteiger charge is -2.62. The predicted octanol–water partition coefficient (Wildman–Crippen LogP) is 1.50. The van der Waals surface area contributed by atoms with Gasteiger partial charge in [0.25, 0.3) is 0 Å². The number of hydrogen-bond donors (Lipinski definition) is 7. The third-order valence-electron chi connectivity index (χ3n) is 15.7.